The molecule has 2 rings (SSSR count). The van der Waals surface area contributed by atoms with Crippen molar-refractivity contribution >= 4 is 17.6 Å². The van der Waals surface area contributed by atoms with Crippen molar-refractivity contribution in [3.05, 3.63) is 34.9 Å². The molecule has 0 aliphatic carbocycles. The van der Waals surface area contributed by atoms with Gasteiger partial charge in [-0.3, -0.25) is 14.6 Å². The highest BCUT2D eigenvalue weighted by atomic mass is 35.5. The summed E-state index contributed by atoms with van der Waals surface area (Å²) in [4.78, 5) is 15.0. The van der Waals surface area contributed by atoms with Crippen LogP contribution in [0, 0.1) is 0 Å². The first-order chi connectivity index (χ1) is 9.06. The van der Waals surface area contributed by atoms with Gasteiger partial charge in [0.25, 0.3) is 0 Å². The van der Waals surface area contributed by atoms with Gasteiger partial charge in [-0.1, -0.05) is 23.7 Å². The minimum absolute atomic E-state index is 0.142. The maximum Gasteiger partial charge on any atom is 0.317 e. The van der Waals surface area contributed by atoms with Crippen LogP contribution in [0.3, 0.4) is 0 Å². The van der Waals surface area contributed by atoms with Crippen LogP contribution in [0.25, 0.3) is 0 Å². The number of benzene rings is 1. The van der Waals surface area contributed by atoms with Crippen LogP contribution in [0.2, 0.25) is 5.02 Å². The van der Waals surface area contributed by atoms with Crippen molar-refractivity contribution in [1.29, 1.82) is 0 Å². The first-order valence-corrected chi connectivity index (χ1v) is 6.87. The summed E-state index contributed by atoms with van der Waals surface area (Å²) in [6.07, 6.45) is 0. The molecule has 0 spiro atoms. The lowest BCUT2D eigenvalue weighted by Gasteiger charge is -2.37. The van der Waals surface area contributed by atoms with E-state index in [1.165, 1.54) is 5.56 Å². The fraction of sp³-hybridized carbons (Fsp3) is 0.500. The second-order valence-electron chi connectivity index (χ2n) is 4.93. The van der Waals surface area contributed by atoms with Gasteiger partial charge in [-0.15, -0.1) is 0 Å². The second-order valence-corrected chi connectivity index (χ2v) is 5.37. The van der Waals surface area contributed by atoms with Crippen molar-refractivity contribution < 1.29 is 9.90 Å². The molecule has 0 bridgehead atoms. The molecular weight excluding hydrogens is 264 g/mol. The molecule has 1 saturated heterocycles. The number of rotatable bonds is 4. The van der Waals surface area contributed by atoms with E-state index in [0.717, 1.165) is 31.2 Å². The standard InChI is InChI=1S/C14H19ClN2O2/c1-11(12-2-4-13(15)5-3-12)17-8-6-16(7-9-17)10-14(18)19/h2-5,11H,6-10H2,1H3,(H,18,19). The highest BCUT2D eigenvalue weighted by Gasteiger charge is 2.22. The number of piperazine rings is 1. The SMILES string of the molecule is CC(c1ccc(Cl)cc1)N1CCN(CC(=O)O)CC1. The number of carboxylic acid groups (broad SMARTS) is 1. The number of aliphatic carboxylic acids is 1. The minimum Gasteiger partial charge on any atom is -0.480 e. The Labute approximate surface area is 118 Å². The Kier molecular flexibility index (Phi) is 4.80. The molecule has 1 heterocycles. The molecule has 1 atom stereocenters. The molecule has 0 aromatic heterocycles. The molecule has 104 valence electrons. The molecule has 0 saturated carbocycles. The number of hydrogen-bond acceptors (Lipinski definition) is 3. The number of halogens is 1. The van der Waals surface area contributed by atoms with Gasteiger partial charge in [-0.25, -0.2) is 0 Å². The van der Waals surface area contributed by atoms with E-state index in [1.54, 1.807) is 0 Å². The number of hydrogen-bond donors (Lipinski definition) is 1. The Balaban J connectivity index is 1.90. The van der Waals surface area contributed by atoms with E-state index in [-0.39, 0.29) is 6.54 Å². The van der Waals surface area contributed by atoms with Crippen LogP contribution < -0.4 is 0 Å². The molecule has 1 unspecified atom stereocenters. The van der Waals surface area contributed by atoms with Crippen molar-refractivity contribution in [2.45, 2.75) is 13.0 Å². The number of nitrogens with zero attached hydrogens (tertiary/aromatic N) is 2. The lowest BCUT2D eigenvalue weighted by Crippen LogP contribution is -2.48. The molecule has 1 aromatic carbocycles. The van der Waals surface area contributed by atoms with E-state index >= 15 is 0 Å². The first kappa shape index (κ1) is 14.3. The normalized spacial score (nSPS) is 19.3. The van der Waals surface area contributed by atoms with Crippen LogP contribution in [0.15, 0.2) is 24.3 Å². The average molecular weight is 283 g/mol. The van der Waals surface area contributed by atoms with E-state index in [4.69, 9.17) is 16.7 Å². The van der Waals surface area contributed by atoms with E-state index in [2.05, 4.69) is 24.0 Å². The summed E-state index contributed by atoms with van der Waals surface area (Å²) < 4.78 is 0. The molecule has 5 heteroatoms. The van der Waals surface area contributed by atoms with Crippen LogP contribution in [-0.4, -0.2) is 53.6 Å². The molecule has 1 aromatic rings. The van der Waals surface area contributed by atoms with Crippen molar-refractivity contribution in [3.63, 3.8) is 0 Å². The quantitative estimate of drug-likeness (QED) is 0.919. The van der Waals surface area contributed by atoms with Crippen LogP contribution in [0.5, 0.6) is 0 Å². The van der Waals surface area contributed by atoms with Gasteiger partial charge in [0.2, 0.25) is 0 Å². The van der Waals surface area contributed by atoms with E-state index in [9.17, 15) is 4.79 Å². The summed E-state index contributed by atoms with van der Waals surface area (Å²) in [6, 6.07) is 8.26. The minimum atomic E-state index is -0.751. The van der Waals surface area contributed by atoms with Crippen molar-refractivity contribution in [1.82, 2.24) is 9.80 Å². The third kappa shape index (κ3) is 3.93. The average Bonchev–Trinajstić information content (AvgIpc) is 2.39. The molecule has 1 aliphatic heterocycles. The Hall–Kier alpha value is -1.10. The Morgan fingerprint density at radius 1 is 1.26 bits per heavy atom. The molecule has 1 aliphatic rings. The summed E-state index contributed by atoms with van der Waals surface area (Å²) in [5, 5.41) is 9.53. The molecular formula is C14H19ClN2O2. The third-order valence-electron chi connectivity index (χ3n) is 3.67. The maximum atomic E-state index is 10.7. The van der Waals surface area contributed by atoms with Gasteiger partial charge in [0.05, 0.1) is 6.54 Å². The van der Waals surface area contributed by atoms with Gasteiger partial charge in [0.15, 0.2) is 0 Å². The van der Waals surface area contributed by atoms with Gasteiger partial charge in [0.1, 0.15) is 0 Å². The van der Waals surface area contributed by atoms with E-state index < -0.39 is 5.97 Å². The summed E-state index contributed by atoms with van der Waals surface area (Å²) in [5.41, 5.74) is 1.25. The van der Waals surface area contributed by atoms with Gasteiger partial charge in [-0.2, -0.15) is 0 Å². The molecule has 0 amide bonds. The van der Waals surface area contributed by atoms with Gasteiger partial charge in [-0.05, 0) is 24.6 Å². The van der Waals surface area contributed by atoms with E-state index in [0.29, 0.717) is 6.04 Å². The van der Waals surface area contributed by atoms with Crippen molar-refractivity contribution in [2.75, 3.05) is 32.7 Å². The maximum absolute atomic E-state index is 10.7. The van der Waals surface area contributed by atoms with Gasteiger partial charge in [0, 0.05) is 37.2 Å². The third-order valence-corrected chi connectivity index (χ3v) is 3.92. The molecule has 19 heavy (non-hydrogen) atoms. The fourth-order valence-electron chi connectivity index (χ4n) is 2.45. The number of carboxylic acids is 1. The highest BCUT2D eigenvalue weighted by Crippen LogP contribution is 2.22. The smallest absolute Gasteiger partial charge is 0.317 e. The zero-order valence-electron chi connectivity index (χ0n) is 11.1. The predicted octanol–water partition coefficient (Wildman–Crippen LogP) is 2.10. The van der Waals surface area contributed by atoms with Gasteiger partial charge < -0.3 is 5.11 Å². The largest absolute Gasteiger partial charge is 0.480 e. The molecule has 1 fully saturated rings. The number of carbonyl (C=O) groups is 1. The topological polar surface area (TPSA) is 43.8 Å². The summed E-state index contributed by atoms with van der Waals surface area (Å²) in [5.74, 6) is -0.751. The van der Waals surface area contributed by atoms with Crippen LogP contribution in [-0.2, 0) is 4.79 Å². The van der Waals surface area contributed by atoms with Crippen molar-refractivity contribution in [3.8, 4) is 0 Å². The Morgan fingerprint density at radius 2 is 1.84 bits per heavy atom. The molecule has 1 N–H and O–H groups in total. The zero-order chi connectivity index (χ0) is 13.8. The highest BCUT2D eigenvalue weighted by molar-refractivity contribution is 6.30. The van der Waals surface area contributed by atoms with Crippen LogP contribution in [0.1, 0.15) is 18.5 Å². The molecule has 0 radical (unpaired) electrons. The monoisotopic (exact) mass is 282 g/mol. The first-order valence-electron chi connectivity index (χ1n) is 6.50. The second kappa shape index (κ2) is 6.37. The molecule has 4 nitrogen and oxygen atoms in total. The lowest BCUT2D eigenvalue weighted by atomic mass is 10.1. The fourth-order valence-corrected chi connectivity index (χ4v) is 2.58. The van der Waals surface area contributed by atoms with Crippen molar-refractivity contribution in [2.24, 2.45) is 0 Å². The Bertz CT molecular complexity index is 428. The predicted molar refractivity (Wildman–Crippen MR) is 75.5 cm³/mol. The Morgan fingerprint density at radius 3 is 2.37 bits per heavy atom. The van der Waals surface area contributed by atoms with Crippen LogP contribution in [0.4, 0.5) is 0 Å². The lowest BCUT2D eigenvalue weighted by molar-refractivity contribution is -0.138. The van der Waals surface area contributed by atoms with Gasteiger partial charge >= 0.3 is 5.97 Å². The summed E-state index contributed by atoms with van der Waals surface area (Å²) in [7, 11) is 0. The summed E-state index contributed by atoms with van der Waals surface area (Å²) in [6.45, 7) is 5.74. The summed E-state index contributed by atoms with van der Waals surface area (Å²) >= 11 is 5.89. The van der Waals surface area contributed by atoms with E-state index in [1.807, 2.05) is 17.0 Å². The zero-order valence-corrected chi connectivity index (χ0v) is 11.8. The van der Waals surface area contributed by atoms with Crippen LogP contribution >= 0.6 is 11.6 Å².